The first-order chi connectivity index (χ1) is 8.97. The van der Waals surface area contributed by atoms with Gasteiger partial charge in [0, 0.05) is 25.1 Å². The summed E-state index contributed by atoms with van der Waals surface area (Å²) in [5, 5.41) is 3.55. The van der Waals surface area contributed by atoms with Crippen molar-refractivity contribution in [1.29, 1.82) is 0 Å². The molecule has 0 aliphatic heterocycles. The molecule has 0 saturated carbocycles. The summed E-state index contributed by atoms with van der Waals surface area (Å²) in [6.07, 6.45) is 0. The molecular formula is C15H14Br3N. The third-order valence-electron chi connectivity index (χ3n) is 2.99. The van der Waals surface area contributed by atoms with Gasteiger partial charge in [-0.3, -0.25) is 0 Å². The molecule has 1 N–H and O–H groups in total. The van der Waals surface area contributed by atoms with Crippen LogP contribution in [-0.2, 0) is 0 Å². The van der Waals surface area contributed by atoms with Gasteiger partial charge < -0.3 is 5.32 Å². The van der Waals surface area contributed by atoms with E-state index in [0.29, 0.717) is 0 Å². The van der Waals surface area contributed by atoms with E-state index in [4.69, 9.17) is 0 Å². The minimum absolute atomic E-state index is 0.238. The highest BCUT2D eigenvalue weighted by molar-refractivity contribution is 9.11. The summed E-state index contributed by atoms with van der Waals surface area (Å²) in [5.41, 5.74) is 3.63. The molecule has 19 heavy (non-hydrogen) atoms. The first kappa shape index (κ1) is 15.1. The molecule has 0 bridgehead atoms. The highest BCUT2D eigenvalue weighted by atomic mass is 79.9. The third-order valence-corrected chi connectivity index (χ3v) is 4.66. The van der Waals surface area contributed by atoms with Gasteiger partial charge in [0.1, 0.15) is 0 Å². The van der Waals surface area contributed by atoms with Crippen LogP contribution < -0.4 is 5.32 Å². The summed E-state index contributed by atoms with van der Waals surface area (Å²) in [6.45, 7) is 4.27. The number of hydrogen-bond acceptors (Lipinski definition) is 1. The van der Waals surface area contributed by atoms with Gasteiger partial charge in [0.15, 0.2) is 0 Å². The van der Waals surface area contributed by atoms with E-state index in [2.05, 4.69) is 103 Å². The van der Waals surface area contributed by atoms with Gasteiger partial charge in [-0.2, -0.15) is 0 Å². The molecule has 0 saturated heterocycles. The summed E-state index contributed by atoms with van der Waals surface area (Å²) in [5.74, 6) is 0. The monoisotopic (exact) mass is 445 g/mol. The molecule has 0 fully saturated rings. The second-order valence-electron chi connectivity index (χ2n) is 4.49. The summed E-state index contributed by atoms with van der Waals surface area (Å²) in [7, 11) is 0. The predicted molar refractivity (Wildman–Crippen MR) is 92.8 cm³/mol. The van der Waals surface area contributed by atoms with Crippen molar-refractivity contribution in [3.8, 4) is 0 Å². The van der Waals surface area contributed by atoms with Crippen LogP contribution in [0.2, 0.25) is 0 Å². The molecule has 0 aromatic heterocycles. The fraction of sp³-hybridized carbons (Fsp3) is 0.200. The Morgan fingerprint density at radius 2 is 1.58 bits per heavy atom. The second-order valence-corrected chi connectivity index (χ2v) is 7.18. The molecule has 0 aliphatic carbocycles. The minimum atomic E-state index is 0.238. The maximum absolute atomic E-state index is 3.61. The smallest absolute Gasteiger partial charge is 0.0496 e. The van der Waals surface area contributed by atoms with Gasteiger partial charge in [-0.15, -0.1) is 0 Å². The quantitative estimate of drug-likeness (QED) is 0.569. The van der Waals surface area contributed by atoms with Crippen LogP contribution in [0.5, 0.6) is 0 Å². The van der Waals surface area contributed by atoms with Crippen LogP contribution in [0.3, 0.4) is 0 Å². The van der Waals surface area contributed by atoms with Gasteiger partial charge in [-0.1, -0.05) is 53.9 Å². The van der Waals surface area contributed by atoms with Crippen LogP contribution in [0.15, 0.2) is 49.8 Å². The lowest BCUT2D eigenvalue weighted by Crippen LogP contribution is -2.08. The van der Waals surface area contributed by atoms with E-state index in [1.54, 1.807) is 0 Å². The van der Waals surface area contributed by atoms with Crippen LogP contribution in [0.4, 0.5) is 5.69 Å². The molecule has 2 rings (SSSR count). The molecule has 1 unspecified atom stereocenters. The highest BCUT2D eigenvalue weighted by Crippen LogP contribution is 2.30. The molecule has 2 aromatic rings. The zero-order valence-electron chi connectivity index (χ0n) is 10.7. The second kappa shape index (κ2) is 6.42. The van der Waals surface area contributed by atoms with E-state index < -0.39 is 0 Å². The average molecular weight is 448 g/mol. The Kier molecular flexibility index (Phi) is 5.09. The van der Waals surface area contributed by atoms with E-state index in [0.717, 1.165) is 19.1 Å². The Bertz CT molecular complexity index is 596. The van der Waals surface area contributed by atoms with E-state index in [1.807, 2.05) is 0 Å². The molecule has 1 nitrogen and oxygen atoms in total. The lowest BCUT2D eigenvalue weighted by atomic mass is 10.1. The summed E-state index contributed by atoms with van der Waals surface area (Å²) in [4.78, 5) is 0. The lowest BCUT2D eigenvalue weighted by Gasteiger charge is -2.19. The van der Waals surface area contributed by atoms with Gasteiger partial charge >= 0.3 is 0 Å². The van der Waals surface area contributed by atoms with Crippen LogP contribution in [0.1, 0.15) is 24.1 Å². The van der Waals surface area contributed by atoms with Crippen molar-refractivity contribution in [2.75, 3.05) is 5.32 Å². The van der Waals surface area contributed by atoms with Gasteiger partial charge in [0.25, 0.3) is 0 Å². The first-order valence-corrected chi connectivity index (χ1v) is 8.33. The van der Waals surface area contributed by atoms with Crippen LogP contribution in [-0.4, -0.2) is 0 Å². The summed E-state index contributed by atoms with van der Waals surface area (Å²) >= 11 is 10.6. The molecule has 0 radical (unpaired) electrons. The van der Waals surface area contributed by atoms with Gasteiger partial charge in [-0.05, 0) is 55.3 Å². The zero-order valence-corrected chi connectivity index (χ0v) is 15.4. The average Bonchev–Trinajstić information content (AvgIpc) is 2.32. The number of halogens is 3. The number of rotatable bonds is 3. The Hall–Kier alpha value is -0.320. The maximum atomic E-state index is 3.61. The van der Waals surface area contributed by atoms with Gasteiger partial charge in [0.2, 0.25) is 0 Å². The number of hydrogen-bond donors (Lipinski definition) is 1. The molecule has 100 valence electrons. The Morgan fingerprint density at radius 3 is 2.21 bits per heavy atom. The zero-order chi connectivity index (χ0) is 14.0. The number of aryl methyl sites for hydroxylation is 1. The van der Waals surface area contributed by atoms with Crippen molar-refractivity contribution in [1.82, 2.24) is 0 Å². The van der Waals surface area contributed by atoms with Crippen molar-refractivity contribution in [2.45, 2.75) is 19.9 Å². The van der Waals surface area contributed by atoms with Crippen molar-refractivity contribution in [3.05, 3.63) is 60.9 Å². The summed E-state index contributed by atoms with van der Waals surface area (Å²) < 4.78 is 3.29. The molecule has 0 heterocycles. The standard InChI is InChI=1S/C15H14Br3N/c1-9-7-11(16)4-6-15(9)19-10(2)13-5-3-12(17)8-14(13)18/h3-8,10,19H,1-2H3. The topological polar surface area (TPSA) is 12.0 Å². The van der Waals surface area contributed by atoms with E-state index in [9.17, 15) is 0 Å². The minimum Gasteiger partial charge on any atom is -0.378 e. The molecule has 0 amide bonds. The van der Waals surface area contributed by atoms with E-state index >= 15 is 0 Å². The van der Waals surface area contributed by atoms with Gasteiger partial charge in [-0.25, -0.2) is 0 Å². The Balaban J connectivity index is 2.23. The third kappa shape index (κ3) is 3.83. The number of anilines is 1. The normalized spacial score (nSPS) is 12.3. The van der Waals surface area contributed by atoms with Gasteiger partial charge in [0.05, 0.1) is 0 Å². The maximum Gasteiger partial charge on any atom is 0.0496 e. The van der Waals surface area contributed by atoms with Crippen molar-refractivity contribution < 1.29 is 0 Å². The molecule has 0 spiro atoms. The van der Waals surface area contributed by atoms with E-state index in [1.165, 1.54) is 11.1 Å². The lowest BCUT2D eigenvalue weighted by molar-refractivity contribution is 0.876. The molecule has 1 atom stereocenters. The molecular weight excluding hydrogens is 434 g/mol. The molecule has 4 heteroatoms. The number of nitrogens with one attached hydrogen (secondary N) is 1. The van der Waals surface area contributed by atoms with Crippen LogP contribution >= 0.6 is 47.8 Å². The molecule has 0 aliphatic rings. The van der Waals surface area contributed by atoms with Crippen molar-refractivity contribution >= 4 is 53.5 Å². The van der Waals surface area contributed by atoms with Crippen LogP contribution in [0.25, 0.3) is 0 Å². The highest BCUT2D eigenvalue weighted by Gasteiger charge is 2.10. The number of benzene rings is 2. The molecule has 2 aromatic carbocycles. The first-order valence-electron chi connectivity index (χ1n) is 5.95. The predicted octanol–water partition coefficient (Wildman–Crippen LogP) is 6.46. The Labute approximate surface area is 139 Å². The van der Waals surface area contributed by atoms with Crippen LogP contribution in [0, 0.1) is 6.92 Å². The largest absolute Gasteiger partial charge is 0.378 e. The fourth-order valence-corrected chi connectivity index (χ4v) is 3.82. The van der Waals surface area contributed by atoms with Crippen molar-refractivity contribution in [3.63, 3.8) is 0 Å². The summed E-state index contributed by atoms with van der Waals surface area (Å²) in [6, 6.07) is 12.8. The van der Waals surface area contributed by atoms with E-state index in [-0.39, 0.29) is 6.04 Å². The SMILES string of the molecule is Cc1cc(Br)ccc1NC(C)c1ccc(Br)cc1Br. The Morgan fingerprint density at radius 1 is 0.947 bits per heavy atom. The fourth-order valence-electron chi connectivity index (χ4n) is 1.95. The van der Waals surface area contributed by atoms with Crippen molar-refractivity contribution in [2.24, 2.45) is 0 Å².